The first-order valence-corrected chi connectivity index (χ1v) is 5.70. The number of rotatable bonds is 5. The standard InChI is InChI=1S/C12H16F2N2O2/c1-8(2)16(6-3-7-17)12(18)9-4-5-15-11(14)10(9)13/h4-5,8,17H,3,6-7H2,1-2H3. The summed E-state index contributed by atoms with van der Waals surface area (Å²) in [6.07, 6.45) is 1.44. The Kier molecular flexibility index (Phi) is 5.15. The van der Waals surface area contributed by atoms with Crippen molar-refractivity contribution in [2.24, 2.45) is 0 Å². The quantitative estimate of drug-likeness (QED) is 0.816. The van der Waals surface area contributed by atoms with Crippen LogP contribution >= 0.6 is 0 Å². The van der Waals surface area contributed by atoms with Gasteiger partial charge in [0.15, 0.2) is 5.82 Å². The van der Waals surface area contributed by atoms with E-state index < -0.39 is 17.7 Å². The number of carbonyl (C=O) groups is 1. The molecular formula is C12H16F2N2O2. The van der Waals surface area contributed by atoms with Crippen molar-refractivity contribution < 1.29 is 18.7 Å². The van der Waals surface area contributed by atoms with Crippen LogP contribution in [0.15, 0.2) is 12.3 Å². The van der Waals surface area contributed by atoms with Crippen molar-refractivity contribution in [3.63, 3.8) is 0 Å². The average Bonchev–Trinajstić information content (AvgIpc) is 2.32. The zero-order chi connectivity index (χ0) is 13.7. The van der Waals surface area contributed by atoms with Crippen LogP contribution in [0.3, 0.4) is 0 Å². The number of aliphatic hydroxyl groups excluding tert-OH is 1. The molecule has 0 aliphatic heterocycles. The summed E-state index contributed by atoms with van der Waals surface area (Å²) in [6.45, 7) is 3.76. The lowest BCUT2D eigenvalue weighted by Gasteiger charge is -2.26. The zero-order valence-electron chi connectivity index (χ0n) is 10.4. The van der Waals surface area contributed by atoms with E-state index in [2.05, 4.69) is 4.98 Å². The second-order valence-electron chi connectivity index (χ2n) is 4.13. The monoisotopic (exact) mass is 258 g/mol. The lowest BCUT2D eigenvalue weighted by atomic mass is 10.2. The highest BCUT2D eigenvalue weighted by Crippen LogP contribution is 2.14. The third kappa shape index (κ3) is 3.22. The molecule has 100 valence electrons. The molecule has 18 heavy (non-hydrogen) atoms. The van der Waals surface area contributed by atoms with Crippen molar-refractivity contribution >= 4 is 5.91 Å². The molecule has 0 aromatic carbocycles. The fraction of sp³-hybridized carbons (Fsp3) is 0.500. The molecule has 1 aromatic rings. The van der Waals surface area contributed by atoms with Crippen molar-refractivity contribution in [2.45, 2.75) is 26.3 Å². The number of carbonyl (C=O) groups excluding carboxylic acids is 1. The van der Waals surface area contributed by atoms with Gasteiger partial charge in [0.2, 0.25) is 5.95 Å². The van der Waals surface area contributed by atoms with E-state index in [0.29, 0.717) is 6.42 Å². The fourth-order valence-corrected chi connectivity index (χ4v) is 1.57. The van der Waals surface area contributed by atoms with Crippen molar-refractivity contribution in [3.8, 4) is 0 Å². The topological polar surface area (TPSA) is 53.4 Å². The highest BCUT2D eigenvalue weighted by Gasteiger charge is 2.23. The van der Waals surface area contributed by atoms with Crippen LogP contribution in [0, 0.1) is 11.8 Å². The Morgan fingerprint density at radius 2 is 2.17 bits per heavy atom. The van der Waals surface area contributed by atoms with Crippen LogP contribution in [0.2, 0.25) is 0 Å². The van der Waals surface area contributed by atoms with Gasteiger partial charge in [-0.05, 0) is 26.3 Å². The van der Waals surface area contributed by atoms with Crippen molar-refractivity contribution in [2.75, 3.05) is 13.2 Å². The molecular weight excluding hydrogens is 242 g/mol. The van der Waals surface area contributed by atoms with Gasteiger partial charge in [-0.2, -0.15) is 4.39 Å². The average molecular weight is 258 g/mol. The smallest absolute Gasteiger partial charge is 0.257 e. The van der Waals surface area contributed by atoms with Gasteiger partial charge in [0.1, 0.15) is 0 Å². The number of halogens is 2. The molecule has 0 spiro atoms. The van der Waals surface area contributed by atoms with Gasteiger partial charge in [-0.15, -0.1) is 0 Å². The third-order valence-corrected chi connectivity index (χ3v) is 2.52. The number of hydrogen-bond donors (Lipinski definition) is 1. The van der Waals surface area contributed by atoms with Gasteiger partial charge in [0.25, 0.3) is 5.91 Å². The van der Waals surface area contributed by atoms with Gasteiger partial charge < -0.3 is 10.0 Å². The van der Waals surface area contributed by atoms with E-state index in [9.17, 15) is 13.6 Å². The predicted octanol–water partition coefficient (Wildman–Crippen LogP) is 1.59. The molecule has 0 aliphatic carbocycles. The summed E-state index contributed by atoms with van der Waals surface area (Å²) in [6, 6.07) is 0.981. The van der Waals surface area contributed by atoms with E-state index in [0.717, 1.165) is 12.3 Å². The van der Waals surface area contributed by atoms with E-state index in [4.69, 9.17) is 5.11 Å². The molecule has 4 nitrogen and oxygen atoms in total. The Morgan fingerprint density at radius 1 is 1.50 bits per heavy atom. The minimum Gasteiger partial charge on any atom is -0.396 e. The number of hydrogen-bond acceptors (Lipinski definition) is 3. The van der Waals surface area contributed by atoms with Crippen LogP contribution in [-0.2, 0) is 0 Å². The van der Waals surface area contributed by atoms with E-state index >= 15 is 0 Å². The first kappa shape index (κ1) is 14.5. The number of aromatic nitrogens is 1. The molecule has 1 N–H and O–H groups in total. The Morgan fingerprint density at radius 3 is 2.72 bits per heavy atom. The highest BCUT2D eigenvalue weighted by molar-refractivity contribution is 5.94. The van der Waals surface area contributed by atoms with E-state index in [-0.39, 0.29) is 24.8 Å². The molecule has 1 heterocycles. The normalized spacial score (nSPS) is 10.8. The van der Waals surface area contributed by atoms with Crippen molar-refractivity contribution in [1.82, 2.24) is 9.88 Å². The van der Waals surface area contributed by atoms with E-state index in [1.165, 1.54) is 4.90 Å². The first-order chi connectivity index (χ1) is 8.49. The molecule has 0 unspecified atom stereocenters. The molecule has 6 heteroatoms. The van der Waals surface area contributed by atoms with Crippen LogP contribution in [-0.4, -0.2) is 40.1 Å². The Hall–Kier alpha value is -1.56. The maximum absolute atomic E-state index is 13.5. The maximum Gasteiger partial charge on any atom is 0.257 e. The van der Waals surface area contributed by atoms with Crippen LogP contribution in [0.25, 0.3) is 0 Å². The molecule has 0 saturated heterocycles. The Labute approximate surface area is 104 Å². The minimum absolute atomic E-state index is 0.0658. The second-order valence-corrected chi connectivity index (χ2v) is 4.13. The summed E-state index contributed by atoms with van der Waals surface area (Å²) in [4.78, 5) is 16.6. The first-order valence-electron chi connectivity index (χ1n) is 5.70. The number of amides is 1. The summed E-state index contributed by atoms with van der Waals surface area (Å²) < 4.78 is 26.4. The van der Waals surface area contributed by atoms with Gasteiger partial charge in [0, 0.05) is 25.4 Å². The molecule has 0 bridgehead atoms. The molecule has 1 aromatic heterocycles. The van der Waals surface area contributed by atoms with Crippen LogP contribution in [0.1, 0.15) is 30.6 Å². The Balaban J connectivity index is 2.98. The minimum atomic E-state index is -1.29. The lowest BCUT2D eigenvalue weighted by Crippen LogP contribution is -2.38. The molecule has 0 saturated carbocycles. The van der Waals surface area contributed by atoms with E-state index in [1.54, 1.807) is 13.8 Å². The summed E-state index contributed by atoms with van der Waals surface area (Å²) >= 11 is 0. The van der Waals surface area contributed by atoms with Gasteiger partial charge in [-0.3, -0.25) is 4.79 Å². The number of nitrogens with zero attached hydrogens (tertiary/aromatic N) is 2. The summed E-state index contributed by atoms with van der Waals surface area (Å²) in [5.74, 6) is -3.12. The number of pyridine rings is 1. The third-order valence-electron chi connectivity index (χ3n) is 2.52. The van der Waals surface area contributed by atoms with E-state index in [1.807, 2.05) is 0 Å². The molecule has 0 atom stereocenters. The Bertz CT molecular complexity index is 425. The van der Waals surface area contributed by atoms with Crippen LogP contribution in [0.5, 0.6) is 0 Å². The molecule has 1 rings (SSSR count). The molecule has 0 radical (unpaired) electrons. The van der Waals surface area contributed by atoms with Crippen LogP contribution < -0.4 is 0 Å². The van der Waals surface area contributed by atoms with Crippen LogP contribution in [0.4, 0.5) is 8.78 Å². The molecule has 1 amide bonds. The second kappa shape index (κ2) is 6.39. The lowest BCUT2D eigenvalue weighted by molar-refractivity contribution is 0.0686. The van der Waals surface area contributed by atoms with Gasteiger partial charge in [-0.1, -0.05) is 0 Å². The zero-order valence-corrected chi connectivity index (χ0v) is 10.4. The maximum atomic E-state index is 13.5. The summed E-state index contributed by atoms with van der Waals surface area (Å²) in [5, 5.41) is 8.77. The SMILES string of the molecule is CC(C)N(CCCO)C(=O)c1ccnc(F)c1F. The predicted molar refractivity (Wildman–Crippen MR) is 62.0 cm³/mol. The largest absolute Gasteiger partial charge is 0.396 e. The number of aliphatic hydroxyl groups is 1. The van der Waals surface area contributed by atoms with Gasteiger partial charge in [-0.25, -0.2) is 9.37 Å². The molecule has 0 fully saturated rings. The van der Waals surface area contributed by atoms with Crippen molar-refractivity contribution in [3.05, 3.63) is 29.6 Å². The fourth-order valence-electron chi connectivity index (χ4n) is 1.57. The summed E-state index contributed by atoms with van der Waals surface area (Å²) in [5.41, 5.74) is -0.339. The summed E-state index contributed by atoms with van der Waals surface area (Å²) in [7, 11) is 0. The highest BCUT2D eigenvalue weighted by atomic mass is 19.2. The van der Waals surface area contributed by atoms with Gasteiger partial charge >= 0.3 is 0 Å². The van der Waals surface area contributed by atoms with Gasteiger partial charge in [0.05, 0.1) is 5.56 Å². The molecule has 0 aliphatic rings. The van der Waals surface area contributed by atoms with Crippen molar-refractivity contribution in [1.29, 1.82) is 0 Å².